The fourth-order valence-electron chi connectivity index (χ4n) is 2.45. The van der Waals surface area contributed by atoms with E-state index in [1.165, 1.54) is 35.5 Å². The number of rotatable bonds is 8. The molecule has 0 radical (unpaired) electrons. The highest BCUT2D eigenvalue weighted by molar-refractivity contribution is 5.83. The average molecular weight is 298 g/mol. The third kappa shape index (κ3) is 2.80. The summed E-state index contributed by atoms with van der Waals surface area (Å²) in [7, 11) is 6.99. The predicted octanol–water partition coefficient (Wildman–Crippen LogP) is 1.34. The molecule has 1 rings (SSSR count). The van der Waals surface area contributed by atoms with Crippen LogP contribution in [0.4, 0.5) is 0 Å². The van der Waals surface area contributed by atoms with Gasteiger partial charge in [0.2, 0.25) is 11.4 Å². The molecule has 21 heavy (non-hydrogen) atoms. The summed E-state index contributed by atoms with van der Waals surface area (Å²) in [5.41, 5.74) is -1.08. The minimum Gasteiger partial charge on any atom is -0.466 e. The Morgan fingerprint density at radius 2 is 1.52 bits per heavy atom. The van der Waals surface area contributed by atoms with Crippen LogP contribution >= 0.6 is 0 Å². The minimum atomic E-state index is -1.62. The van der Waals surface area contributed by atoms with Crippen molar-refractivity contribution in [3.05, 3.63) is 35.9 Å². The van der Waals surface area contributed by atoms with Gasteiger partial charge in [-0.1, -0.05) is 30.3 Å². The fraction of sp³-hybridized carbons (Fsp3) is 0.533. The molecule has 0 saturated heterocycles. The topological polar surface area (TPSA) is 63.2 Å². The molecule has 6 nitrogen and oxygen atoms in total. The number of hydrogen-bond donors (Lipinski definition) is 0. The lowest BCUT2D eigenvalue weighted by atomic mass is 9.84. The molecule has 0 amide bonds. The Morgan fingerprint density at radius 1 is 0.952 bits per heavy atom. The molecule has 1 unspecified atom stereocenters. The standard InChI is InChI=1S/C15H22O6/c1-17-11-14(19-3,20-4)15(21-5,13(16)18-2)12-9-7-6-8-10-12/h6-10H,11H2,1-5H3. The molecule has 1 aromatic rings. The molecule has 0 aliphatic rings. The van der Waals surface area contributed by atoms with Crippen LogP contribution in [0.5, 0.6) is 0 Å². The van der Waals surface area contributed by atoms with Gasteiger partial charge in [0.1, 0.15) is 6.61 Å². The van der Waals surface area contributed by atoms with Crippen molar-refractivity contribution >= 4 is 5.97 Å². The van der Waals surface area contributed by atoms with Crippen LogP contribution in [0, 0.1) is 0 Å². The summed E-state index contributed by atoms with van der Waals surface area (Å²) in [4.78, 5) is 12.5. The van der Waals surface area contributed by atoms with Crippen LogP contribution in [0.1, 0.15) is 5.56 Å². The first-order valence-electron chi connectivity index (χ1n) is 6.36. The van der Waals surface area contributed by atoms with E-state index in [2.05, 4.69) is 0 Å². The van der Waals surface area contributed by atoms with Crippen molar-refractivity contribution in [3.63, 3.8) is 0 Å². The first kappa shape index (κ1) is 17.6. The van der Waals surface area contributed by atoms with Gasteiger partial charge in [-0.05, 0) is 0 Å². The van der Waals surface area contributed by atoms with E-state index in [4.69, 9.17) is 23.7 Å². The molecule has 0 heterocycles. The largest absolute Gasteiger partial charge is 0.466 e. The molecule has 0 N–H and O–H groups in total. The van der Waals surface area contributed by atoms with E-state index in [-0.39, 0.29) is 6.61 Å². The Kier molecular flexibility index (Phi) is 6.29. The number of esters is 1. The van der Waals surface area contributed by atoms with Gasteiger partial charge in [0.25, 0.3) is 0 Å². The van der Waals surface area contributed by atoms with Crippen molar-refractivity contribution in [3.8, 4) is 0 Å². The third-order valence-corrected chi connectivity index (χ3v) is 3.49. The molecular weight excluding hydrogens is 276 g/mol. The van der Waals surface area contributed by atoms with Gasteiger partial charge in [0.15, 0.2) is 0 Å². The molecule has 1 atom stereocenters. The predicted molar refractivity (Wildman–Crippen MR) is 75.8 cm³/mol. The number of methoxy groups -OCH3 is 5. The summed E-state index contributed by atoms with van der Waals surface area (Å²) in [5, 5.41) is 0. The molecule has 0 bridgehead atoms. The number of carbonyl (C=O) groups is 1. The van der Waals surface area contributed by atoms with E-state index in [0.29, 0.717) is 5.56 Å². The van der Waals surface area contributed by atoms with Crippen molar-refractivity contribution < 1.29 is 28.5 Å². The van der Waals surface area contributed by atoms with Crippen molar-refractivity contribution in [2.75, 3.05) is 42.2 Å². The van der Waals surface area contributed by atoms with E-state index < -0.39 is 17.4 Å². The number of ether oxygens (including phenoxy) is 5. The first-order valence-corrected chi connectivity index (χ1v) is 6.36. The highest BCUT2D eigenvalue weighted by Gasteiger charge is 2.61. The molecule has 0 saturated carbocycles. The summed E-state index contributed by atoms with van der Waals surface area (Å²) in [6.45, 7) is -0.0299. The first-order chi connectivity index (χ1) is 10.1. The maximum atomic E-state index is 12.5. The second-order valence-electron chi connectivity index (χ2n) is 4.34. The molecule has 0 aliphatic carbocycles. The SMILES string of the molecule is COCC(OC)(OC)C(OC)(C(=O)OC)c1ccccc1. The summed E-state index contributed by atoms with van der Waals surface area (Å²) >= 11 is 0. The third-order valence-electron chi connectivity index (χ3n) is 3.49. The molecular formula is C15H22O6. The van der Waals surface area contributed by atoms with Crippen molar-refractivity contribution in [1.82, 2.24) is 0 Å². The maximum absolute atomic E-state index is 12.5. The van der Waals surface area contributed by atoms with Gasteiger partial charge < -0.3 is 23.7 Å². The van der Waals surface area contributed by atoms with E-state index in [1.807, 2.05) is 6.07 Å². The molecule has 0 aliphatic heterocycles. The minimum absolute atomic E-state index is 0.0299. The van der Waals surface area contributed by atoms with Crippen LogP contribution in [0.25, 0.3) is 0 Å². The zero-order chi connectivity index (χ0) is 15.9. The summed E-state index contributed by atoms with van der Waals surface area (Å²) in [5.74, 6) is -2.14. The second-order valence-corrected chi connectivity index (χ2v) is 4.34. The van der Waals surface area contributed by atoms with Crippen LogP contribution in [0.2, 0.25) is 0 Å². The fourth-order valence-corrected chi connectivity index (χ4v) is 2.45. The zero-order valence-electron chi connectivity index (χ0n) is 13.0. The molecule has 0 aromatic heterocycles. The van der Waals surface area contributed by atoms with Crippen LogP contribution in [-0.4, -0.2) is 53.9 Å². The van der Waals surface area contributed by atoms with Gasteiger partial charge in [0, 0.05) is 34.0 Å². The zero-order valence-corrected chi connectivity index (χ0v) is 13.0. The van der Waals surface area contributed by atoms with Gasteiger partial charge >= 0.3 is 5.97 Å². The normalized spacial score (nSPS) is 14.5. The Balaban J connectivity index is 3.60. The van der Waals surface area contributed by atoms with Crippen LogP contribution < -0.4 is 0 Å². The second kappa shape index (κ2) is 7.51. The van der Waals surface area contributed by atoms with Gasteiger partial charge in [-0.25, -0.2) is 4.79 Å². The van der Waals surface area contributed by atoms with Gasteiger partial charge in [-0.15, -0.1) is 0 Å². The van der Waals surface area contributed by atoms with Crippen LogP contribution in [-0.2, 0) is 34.1 Å². The smallest absolute Gasteiger partial charge is 0.348 e. The molecule has 0 fully saturated rings. The summed E-state index contributed by atoms with van der Waals surface area (Å²) < 4.78 is 26.7. The van der Waals surface area contributed by atoms with Crippen LogP contribution in [0.3, 0.4) is 0 Å². The highest BCUT2D eigenvalue weighted by Crippen LogP contribution is 2.41. The monoisotopic (exact) mass is 298 g/mol. The lowest BCUT2D eigenvalue weighted by Crippen LogP contribution is -2.63. The van der Waals surface area contributed by atoms with Crippen molar-refractivity contribution in [1.29, 1.82) is 0 Å². The van der Waals surface area contributed by atoms with Crippen LogP contribution in [0.15, 0.2) is 30.3 Å². The van der Waals surface area contributed by atoms with Gasteiger partial charge in [-0.3, -0.25) is 0 Å². The van der Waals surface area contributed by atoms with Crippen molar-refractivity contribution in [2.24, 2.45) is 0 Å². The Labute approximate surface area is 124 Å². The Hall–Kier alpha value is -1.47. The summed E-state index contributed by atoms with van der Waals surface area (Å²) in [6.07, 6.45) is 0. The number of hydrogen-bond acceptors (Lipinski definition) is 6. The lowest BCUT2D eigenvalue weighted by Gasteiger charge is -2.44. The van der Waals surface area contributed by atoms with E-state index in [1.54, 1.807) is 24.3 Å². The van der Waals surface area contributed by atoms with Crippen molar-refractivity contribution in [2.45, 2.75) is 11.4 Å². The quantitative estimate of drug-likeness (QED) is 0.533. The lowest BCUT2D eigenvalue weighted by molar-refractivity contribution is -0.323. The molecule has 118 valence electrons. The number of benzene rings is 1. The average Bonchev–Trinajstić information content (AvgIpc) is 2.55. The van der Waals surface area contributed by atoms with E-state index >= 15 is 0 Å². The Morgan fingerprint density at radius 3 is 1.90 bits per heavy atom. The highest BCUT2D eigenvalue weighted by atomic mass is 16.7. The molecule has 1 aromatic carbocycles. The van der Waals surface area contributed by atoms with Gasteiger partial charge in [-0.2, -0.15) is 0 Å². The van der Waals surface area contributed by atoms with Gasteiger partial charge in [0.05, 0.1) is 7.11 Å². The Bertz CT molecular complexity index is 443. The molecule has 0 spiro atoms. The van der Waals surface area contributed by atoms with E-state index in [0.717, 1.165) is 0 Å². The molecule has 6 heteroatoms. The number of carbonyl (C=O) groups excluding carboxylic acids is 1. The summed E-state index contributed by atoms with van der Waals surface area (Å²) in [6, 6.07) is 8.88. The van der Waals surface area contributed by atoms with E-state index in [9.17, 15) is 4.79 Å². The maximum Gasteiger partial charge on any atom is 0.348 e.